The molecule has 0 unspecified atom stereocenters. The molecule has 4 nitrogen and oxygen atoms in total. The van der Waals surface area contributed by atoms with Gasteiger partial charge in [-0.2, -0.15) is 0 Å². The molecular weight excluding hydrogens is 705 g/mol. The van der Waals surface area contributed by atoms with Gasteiger partial charge in [-0.15, -0.1) is 0 Å². The van der Waals surface area contributed by atoms with Crippen molar-refractivity contribution in [3.63, 3.8) is 0 Å². The van der Waals surface area contributed by atoms with Gasteiger partial charge in [0.05, 0.1) is 16.7 Å². The van der Waals surface area contributed by atoms with Crippen LogP contribution in [0.3, 0.4) is 0 Å². The molecule has 8 aromatic carbocycles. The third kappa shape index (κ3) is 5.41. The summed E-state index contributed by atoms with van der Waals surface area (Å²) in [6.07, 6.45) is 0. The second-order valence-electron chi connectivity index (χ2n) is 15.6. The third-order valence-corrected chi connectivity index (χ3v) is 11.9. The summed E-state index contributed by atoms with van der Waals surface area (Å²) in [6.45, 7) is 4.63. The van der Waals surface area contributed by atoms with Gasteiger partial charge in [0, 0.05) is 32.9 Å². The minimum atomic E-state index is -0.244. The molecule has 0 fully saturated rings. The first-order valence-electron chi connectivity index (χ1n) is 19.9. The fourth-order valence-electron chi connectivity index (χ4n) is 9.13. The number of rotatable bonds is 6. The van der Waals surface area contributed by atoms with Crippen molar-refractivity contribution in [2.75, 3.05) is 0 Å². The van der Waals surface area contributed by atoms with E-state index in [1.165, 1.54) is 44.2 Å². The molecule has 58 heavy (non-hydrogen) atoms. The lowest BCUT2D eigenvalue weighted by atomic mass is 9.80. The van der Waals surface area contributed by atoms with Crippen LogP contribution in [0.4, 0.5) is 0 Å². The predicted molar refractivity (Wildman–Crippen MR) is 239 cm³/mol. The molecule has 0 amide bonds. The van der Waals surface area contributed by atoms with Gasteiger partial charge >= 0.3 is 0 Å². The number of hydrogen-bond donors (Lipinski definition) is 0. The van der Waals surface area contributed by atoms with E-state index in [0.717, 1.165) is 44.5 Å². The van der Waals surface area contributed by atoms with Crippen LogP contribution >= 0.6 is 0 Å². The third-order valence-electron chi connectivity index (χ3n) is 11.9. The summed E-state index contributed by atoms with van der Waals surface area (Å²) in [5.74, 6) is 1.92. The summed E-state index contributed by atoms with van der Waals surface area (Å²) in [7, 11) is 0. The van der Waals surface area contributed by atoms with E-state index in [-0.39, 0.29) is 5.41 Å². The van der Waals surface area contributed by atoms with Crippen molar-refractivity contribution in [1.29, 1.82) is 0 Å². The maximum atomic E-state index is 5.46. The summed E-state index contributed by atoms with van der Waals surface area (Å²) in [6, 6.07) is 69.0. The summed E-state index contributed by atoms with van der Waals surface area (Å²) in [5.41, 5.74) is 15.6. The van der Waals surface area contributed by atoms with Crippen LogP contribution in [0.1, 0.15) is 25.0 Å². The Kier molecular flexibility index (Phi) is 7.80. The molecule has 1 aliphatic carbocycles. The average Bonchev–Trinajstić information content (AvgIpc) is 3.75. The molecule has 2 aromatic heterocycles. The van der Waals surface area contributed by atoms with Crippen molar-refractivity contribution in [1.82, 2.24) is 19.5 Å². The van der Waals surface area contributed by atoms with Crippen molar-refractivity contribution >= 4 is 21.8 Å². The van der Waals surface area contributed by atoms with Crippen LogP contribution in [-0.4, -0.2) is 19.5 Å². The Hall–Kier alpha value is -7.43. The molecule has 0 spiro atoms. The zero-order chi connectivity index (χ0) is 38.8. The molecule has 0 N–H and O–H groups in total. The molecule has 0 saturated heterocycles. The van der Waals surface area contributed by atoms with E-state index in [4.69, 9.17) is 15.0 Å². The van der Waals surface area contributed by atoms with Crippen molar-refractivity contribution in [3.05, 3.63) is 205 Å². The minimum Gasteiger partial charge on any atom is -0.308 e. The van der Waals surface area contributed by atoms with Gasteiger partial charge in [0.25, 0.3) is 0 Å². The highest BCUT2D eigenvalue weighted by molar-refractivity contribution is 6.11. The average molecular weight is 743 g/mol. The molecule has 10 aromatic rings. The Morgan fingerprint density at radius 2 is 0.897 bits per heavy atom. The van der Waals surface area contributed by atoms with Crippen LogP contribution in [0.5, 0.6) is 0 Å². The van der Waals surface area contributed by atoms with Crippen molar-refractivity contribution < 1.29 is 0 Å². The highest BCUT2D eigenvalue weighted by atomic mass is 15.1. The Morgan fingerprint density at radius 3 is 1.64 bits per heavy atom. The van der Waals surface area contributed by atoms with Gasteiger partial charge in [0.15, 0.2) is 17.5 Å². The minimum absolute atomic E-state index is 0.244. The van der Waals surface area contributed by atoms with E-state index in [2.05, 4.69) is 194 Å². The number of para-hydroxylation sites is 1. The molecule has 0 saturated carbocycles. The van der Waals surface area contributed by atoms with Crippen LogP contribution in [0.15, 0.2) is 194 Å². The zero-order valence-corrected chi connectivity index (χ0v) is 32.3. The van der Waals surface area contributed by atoms with Crippen molar-refractivity contribution in [3.8, 4) is 73.2 Å². The Balaban J connectivity index is 1.19. The van der Waals surface area contributed by atoms with E-state index in [1.54, 1.807) is 0 Å². The quantitative estimate of drug-likeness (QED) is 0.170. The highest BCUT2D eigenvalue weighted by Crippen LogP contribution is 2.52. The molecule has 11 rings (SSSR count). The fourth-order valence-corrected chi connectivity index (χ4v) is 9.13. The number of fused-ring (bicyclic) bond motifs is 6. The second kappa shape index (κ2) is 13.4. The van der Waals surface area contributed by atoms with Gasteiger partial charge < -0.3 is 4.57 Å². The lowest BCUT2D eigenvalue weighted by molar-refractivity contribution is 0.661. The van der Waals surface area contributed by atoms with E-state index >= 15 is 0 Å². The number of nitrogens with zero attached hydrogens (tertiary/aromatic N) is 4. The molecule has 0 atom stereocenters. The van der Waals surface area contributed by atoms with Gasteiger partial charge in [-0.05, 0) is 74.8 Å². The summed E-state index contributed by atoms with van der Waals surface area (Å²) < 4.78 is 2.40. The van der Waals surface area contributed by atoms with Crippen LogP contribution in [-0.2, 0) is 5.41 Å². The van der Waals surface area contributed by atoms with Crippen molar-refractivity contribution in [2.45, 2.75) is 19.3 Å². The Morgan fingerprint density at radius 1 is 0.362 bits per heavy atom. The van der Waals surface area contributed by atoms with Gasteiger partial charge in [-0.3, -0.25) is 0 Å². The first kappa shape index (κ1) is 33.9. The van der Waals surface area contributed by atoms with Gasteiger partial charge in [-0.25, -0.2) is 15.0 Å². The lowest BCUT2D eigenvalue weighted by Crippen LogP contribution is -2.17. The second-order valence-corrected chi connectivity index (χ2v) is 15.6. The molecule has 0 radical (unpaired) electrons. The molecule has 4 heteroatoms. The zero-order valence-electron chi connectivity index (χ0n) is 32.3. The molecule has 1 aliphatic rings. The standard InChI is InChI=1S/C54H38N4/c1-54(2)46-27-14-12-23-40(46)42-25-16-26-44(50(42)54)53-56-51(37-21-10-5-11-22-37)55-52(57-53)43-31-29-39(36-19-8-4-9-20-36)34-49(43)58-47-28-15-13-24-41(47)45-33-38(30-32-48(45)58)35-17-6-3-7-18-35/h3-34H,1-2H3. The van der Waals surface area contributed by atoms with Gasteiger partial charge in [0.2, 0.25) is 0 Å². The van der Waals surface area contributed by atoms with E-state index in [0.29, 0.717) is 17.5 Å². The van der Waals surface area contributed by atoms with Gasteiger partial charge in [-0.1, -0.05) is 178 Å². The van der Waals surface area contributed by atoms with E-state index in [1.807, 2.05) is 18.2 Å². The van der Waals surface area contributed by atoms with E-state index in [9.17, 15) is 0 Å². The molecule has 0 aliphatic heterocycles. The maximum Gasteiger partial charge on any atom is 0.166 e. The molecule has 2 heterocycles. The van der Waals surface area contributed by atoms with Crippen LogP contribution in [0, 0.1) is 0 Å². The SMILES string of the molecule is CC1(C)c2ccccc2-c2cccc(-c3nc(-c4ccccc4)nc(-c4ccc(-c5ccccc5)cc4-n4c5ccccc5c5cc(-c6ccccc6)ccc54)n3)c21. The maximum absolute atomic E-state index is 5.46. The molecule has 0 bridgehead atoms. The fraction of sp³-hybridized carbons (Fsp3) is 0.0556. The lowest BCUT2D eigenvalue weighted by Gasteiger charge is -2.24. The molecule has 274 valence electrons. The Bertz CT molecular complexity index is 3180. The monoisotopic (exact) mass is 742 g/mol. The highest BCUT2D eigenvalue weighted by Gasteiger charge is 2.38. The topological polar surface area (TPSA) is 43.6 Å². The van der Waals surface area contributed by atoms with Crippen LogP contribution in [0.2, 0.25) is 0 Å². The summed E-state index contributed by atoms with van der Waals surface area (Å²) in [4.78, 5) is 16.0. The number of aromatic nitrogens is 4. The first-order chi connectivity index (χ1) is 28.5. The largest absolute Gasteiger partial charge is 0.308 e. The summed E-state index contributed by atoms with van der Waals surface area (Å²) in [5, 5.41) is 2.38. The predicted octanol–water partition coefficient (Wildman–Crippen LogP) is 13.6. The summed E-state index contributed by atoms with van der Waals surface area (Å²) >= 11 is 0. The van der Waals surface area contributed by atoms with Gasteiger partial charge in [0.1, 0.15) is 0 Å². The van der Waals surface area contributed by atoms with E-state index < -0.39 is 0 Å². The first-order valence-corrected chi connectivity index (χ1v) is 19.9. The normalized spacial score (nSPS) is 12.8. The smallest absolute Gasteiger partial charge is 0.166 e. The van der Waals surface area contributed by atoms with Crippen LogP contribution < -0.4 is 0 Å². The molecular formula is C54H38N4. The number of benzene rings is 8. The number of hydrogen-bond acceptors (Lipinski definition) is 3. The van der Waals surface area contributed by atoms with Crippen molar-refractivity contribution in [2.24, 2.45) is 0 Å². The Labute approximate surface area is 337 Å². The van der Waals surface area contributed by atoms with Crippen LogP contribution in [0.25, 0.3) is 95.0 Å².